The zero-order chi connectivity index (χ0) is 15.6. The van der Waals surface area contributed by atoms with Crippen molar-refractivity contribution in [3.05, 3.63) is 24.0 Å². The fourth-order valence-corrected chi connectivity index (χ4v) is 2.39. The average molecular weight is 333 g/mol. The summed E-state index contributed by atoms with van der Waals surface area (Å²) in [6.45, 7) is 1.85. The molecule has 2 amide bonds. The van der Waals surface area contributed by atoms with Gasteiger partial charge in [-0.2, -0.15) is 0 Å². The lowest BCUT2D eigenvalue weighted by Gasteiger charge is -2.11. The molecule has 1 aliphatic rings. The van der Waals surface area contributed by atoms with Crippen molar-refractivity contribution in [3.8, 4) is 0 Å². The molecule has 1 fully saturated rings. The van der Waals surface area contributed by atoms with Gasteiger partial charge in [-0.05, 0) is 25.0 Å². The molecule has 1 aromatic carbocycles. The van der Waals surface area contributed by atoms with Gasteiger partial charge in [0.05, 0.1) is 17.3 Å². The standard InChI is InChI=1S/C14H15Cl2FN2O2/c1-2-4-11(20)18-9-5-3-6-10(12(9)17)19-13(21)8-7-14(8,15)16/h3,5-6,8H,2,4,7H2,1H3,(H,18,20)(H,19,21). The molecule has 7 heteroatoms. The summed E-state index contributed by atoms with van der Waals surface area (Å²) in [6, 6.07) is 4.39. The van der Waals surface area contributed by atoms with E-state index < -0.39 is 22.0 Å². The van der Waals surface area contributed by atoms with Crippen LogP contribution >= 0.6 is 23.2 Å². The van der Waals surface area contributed by atoms with E-state index in [9.17, 15) is 14.0 Å². The molecule has 21 heavy (non-hydrogen) atoms. The molecule has 114 valence electrons. The van der Waals surface area contributed by atoms with Gasteiger partial charge in [0, 0.05) is 6.42 Å². The molecule has 0 saturated heterocycles. The SMILES string of the molecule is CCCC(=O)Nc1cccc(NC(=O)C2CC2(Cl)Cl)c1F. The predicted molar refractivity (Wildman–Crippen MR) is 81.1 cm³/mol. The maximum Gasteiger partial charge on any atom is 0.230 e. The van der Waals surface area contributed by atoms with Crippen molar-refractivity contribution in [3.63, 3.8) is 0 Å². The van der Waals surface area contributed by atoms with Crippen LogP contribution in [0.15, 0.2) is 18.2 Å². The van der Waals surface area contributed by atoms with Gasteiger partial charge in [-0.15, -0.1) is 23.2 Å². The summed E-state index contributed by atoms with van der Waals surface area (Å²) < 4.78 is 13.2. The molecule has 1 aliphatic carbocycles. The van der Waals surface area contributed by atoms with E-state index in [0.29, 0.717) is 19.3 Å². The van der Waals surface area contributed by atoms with Gasteiger partial charge < -0.3 is 10.6 Å². The van der Waals surface area contributed by atoms with Crippen LogP contribution in [0.25, 0.3) is 0 Å². The lowest BCUT2D eigenvalue weighted by atomic mass is 10.2. The molecule has 1 saturated carbocycles. The van der Waals surface area contributed by atoms with E-state index in [1.54, 1.807) is 6.07 Å². The Bertz CT molecular complexity index is 578. The lowest BCUT2D eigenvalue weighted by molar-refractivity contribution is -0.117. The average Bonchev–Trinajstić information content (AvgIpc) is 3.04. The quantitative estimate of drug-likeness (QED) is 0.808. The summed E-state index contributed by atoms with van der Waals surface area (Å²) in [5.74, 6) is -1.94. The minimum absolute atomic E-state index is 0.00895. The van der Waals surface area contributed by atoms with Gasteiger partial charge in [-0.3, -0.25) is 9.59 Å². The van der Waals surface area contributed by atoms with Crippen LogP contribution in [0.1, 0.15) is 26.2 Å². The smallest absolute Gasteiger partial charge is 0.230 e. The van der Waals surface area contributed by atoms with E-state index in [-0.39, 0.29) is 17.3 Å². The van der Waals surface area contributed by atoms with E-state index >= 15 is 0 Å². The highest BCUT2D eigenvalue weighted by molar-refractivity contribution is 6.52. The number of hydrogen-bond donors (Lipinski definition) is 2. The van der Waals surface area contributed by atoms with Crippen LogP contribution in [-0.2, 0) is 9.59 Å². The molecule has 4 nitrogen and oxygen atoms in total. The van der Waals surface area contributed by atoms with Crippen molar-refractivity contribution in [1.29, 1.82) is 0 Å². The van der Waals surface area contributed by atoms with Crippen LogP contribution < -0.4 is 10.6 Å². The molecular weight excluding hydrogens is 318 g/mol. The molecule has 2 rings (SSSR count). The van der Waals surface area contributed by atoms with Gasteiger partial charge in [0.2, 0.25) is 11.8 Å². The highest BCUT2D eigenvalue weighted by Gasteiger charge is 2.56. The molecule has 1 aromatic rings. The Balaban J connectivity index is 2.07. The van der Waals surface area contributed by atoms with Gasteiger partial charge in [0.1, 0.15) is 4.33 Å². The fourth-order valence-electron chi connectivity index (χ4n) is 1.88. The molecule has 1 unspecified atom stereocenters. The third-order valence-electron chi connectivity index (χ3n) is 3.15. The molecule has 2 N–H and O–H groups in total. The maximum atomic E-state index is 14.2. The first-order valence-electron chi connectivity index (χ1n) is 6.62. The van der Waals surface area contributed by atoms with Gasteiger partial charge in [-0.1, -0.05) is 13.0 Å². The summed E-state index contributed by atoms with van der Waals surface area (Å²) in [5, 5.41) is 4.91. The van der Waals surface area contributed by atoms with Crippen LogP contribution in [0.5, 0.6) is 0 Å². The highest BCUT2D eigenvalue weighted by atomic mass is 35.5. The second-order valence-corrected chi connectivity index (χ2v) is 6.51. The lowest BCUT2D eigenvalue weighted by Crippen LogP contribution is -2.18. The molecule has 0 aliphatic heterocycles. The number of benzene rings is 1. The van der Waals surface area contributed by atoms with E-state index in [1.807, 2.05) is 6.92 Å². The van der Waals surface area contributed by atoms with Gasteiger partial charge in [-0.25, -0.2) is 4.39 Å². The van der Waals surface area contributed by atoms with E-state index in [2.05, 4.69) is 10.6 Å². The summed E-state index contributed by atoms with van der Waals surface area (Å²) in [6.07, 6.45) is 1.31. The van der Waals surface area contributed by atoms with Crippen LogP contribution in [0.4, 0.5) is 15.8 Å². The number of hydrogen-bond acceptors (Lipinski definition) is 2. The van der Waals surface area contributed by atoms with E-state index in [1.165, 1.54) is 12.1 Å². The Morgan fingerprint density at radius 1 is 1.33 bits per heavy atom. The Kier molecular flexibility index (Phi) is 4.74. The van der Waals surface area contributed by atoms with Crippen molar-refractivity contribution >= 4 is 46.4 Å². The van der Waals surface area contributed by atoms with Crippen molar-refractivity contribution < 1.29 is 14.0 Å². The number of halogens is 3. The van der Waals surface area contributed by atoms with E-state index in [4.69, 9.17) is 23.2 Å². The first-order valence-corrected chi connectivity index (χ1v) is 7.37. The molecule has 0 bridgehead atoms. The zero-order valence-corrected chi connectivity index (χ0v) is 12.9. The third kappa shape index (κ3) is 3.86. The first kappa shape index (κ1) is 16.0. The van der Waals surface area contributed by atoms with Crippen LogP contribution in [0, 0.1) is 11.7 Å². The molecule has 0 aromatic heterocycles. The second kappa shape index (κ2) is 6.20. The van der Waals surface area contributed by atoms with Crippen LogP contribution in [0.2, 0.25) is 0 Å². The molecular formula is C14H15Cl2FN2O2. The number of carbonyl (C=O) groups excluding carboxylic acids is 2. The predicted octanol–water partition coefficient (Wildman–Crippen LogP) is 3.70. The number of anilines is 2. The van der Waals surface area contributed by atoms with Crippen molar-refractivity contribution in [2.24, 2.45) is 5.92 Å². The molecule has 0 heterocycles. The molecule has 0 radical (unpaired) electrons. The topological polar surface area (TPSA) is 58.2 Å². The monoisotopic (exact) mass is 332 g/mol. The summed E-state index contributed by atoms with van der Waals surface area (Å²) in [7, 11) is 0. The Labute approximate surface area is 132 Å². The fraction of sp³-hybridized carbons (Fsp3) is 0.429. The number of rotatable bonds is 5. The van der Waals surface area contributed by atoms with Crippen molar-refractivity contribution in [2.45, 2.75) is 30.5 Å². The van der Waals surface area contributed by atoms with Gasteiger partial charge in [0.25, 0.3) is 0 Å². The summed E-state index contributed by atoms with van der Waals surface area (Å²) >= 11 is 11.6. The summed E-state index contributed by atoms with van der Waals surface area (Å²) in [4.78, 5) is 23.3. The number of amides is 2. The van der Waals surface area contributed by atoms with Crippen LogP contribution in [0.3, 0.4) is 0 Å². The van der Waals surface area contributed by atoms with Gasteiger partial charge >= 0.3 is 0 Å². The Hall–Kier alpha value is -1.33. The van der Waals surface area contributed by atoms with Gasteiger partial charge in [0.15, 0.2) is 5.82 Å². The number of carbonyl (C=O) groups is 2. The molecule has 1 atom stereocenters. The Morgan fingerprint density at radius 3 is 2.43 bits per heavy atom. The largest absolute Gasteiger partial charge is 0.324 e. The summed E-state index contributed by atoms with van der Waals surface area (Å²) in [5.41, 5.74) is 0.0235. The minimum Gasteiger partial charge on any atom is -0.324 e. The second-order valence-electron chi connectivity index (χ2n) is 4.97. The zero-order valence-electron chi connectivity index (χ0n) is 11.4. The highest BCUT2D eigenvalue weighted by Crippen LogP contribution is 2.53. The first-order chi connectivity index (χ1) is 9.85. The van der Waals surface area contributed by atoms with E-state index in [0.717, 1.165) is 0 Å². The third-order valence-corrected chi connectivity index (χ3v) is 3.99. The maximum absolute atomic E-state index is 14.2. The van der Waals surface area contributed by atoms with Crippen LogP contribution in [-0.4, -0.2) is 16.1 Å². The normalized spacial score (nSPS) is 19.0. The number of alkyl halides is 2. The van der Waals surface area contributed by atoms with Crippen molar-refractivity contribution in [1.82, 2.24) is 0 Å². The molecule has 0 spiro atoms. The number of nitrogens with one attached hydrogen (secondary N) is 2. The Morgan fingerprint density at radius 2 is 1.90 bits per heavy atom. The minimum atomic E-state index is -1.06. The van der Waals surface area contributed by atoms with Crippen molar-refractivity contribution in [2.75, 3.05) is 10.6 Å².